The molecule has 9 heteroatoms. The Labute approximate surface area is 171 Å². The number of esters is 1. The summed E-state index contributed by atoms with van der Waals surface area (Å²) in [6, 6.07) is 9.03. The minimum absolute atomic E-state index is 0.0171. The van der Waals surface area contributed by atoms with Gasteiger partial charge in [-0.1, -0.05) is 17.7 Å². The number of non-ortho nitro benzene ring substituents is 1. The summed E-state index contributed by atoms with van der Waals surface area (Å²) in [6.07, 6.45) is 1.52. The molecule has 1 aliphatic heterocycles. The molecule has 2 aromatic carbocycles. The Morgan fingerprint density at radius 3 is 2.59 bits per heavy atom. The predicted octanol–water partition coefficient (Wildman–Crippen LogP) is 4.39. The molecule has 0 N–H and O–H groups in total. The maximum Gasteiger partial charge on any atom is 0.363 e. The fourth-order valence-electron chi connectivity index (χ4n) is 2.60. The number of hydrogen-bond donors (Lipinski definition) is 0. The Morgan fingerprint density at radius 1 is 1.21 bits per heavy atom. The molecule has 3 rings (SSSR count). The molecule has 0 unspecified atom stereocenters. The van der Waals surface area contributed by atoms with Gasteiger partial charge in [-0.15, -0.1) is 0 Å². The van der Waals surface area contributed by atoms with Crippen LogP contribution in [-0.4, -0.2) is 30.0 Å². The van der Waals surface area contributed by atoms with E-state index in [1.807, 2.05) is 13.8 Å². The Balaban J connectivity index is 1.92. The van der Waals surface area contributed by atoms with Crippen LogP contribution in [0.25, 0.3) is 6.08 Å². The third kappa shape index (κ3) is 4.55. The van der Waals surface area contributed by atoms with Crippen molar-refractivity contribution in [2.45, 2.75) is 20.0 Å². The molecular formula is C20H17ClN2O6. The van der Waals surface area contributed by atoms with Crippen LogP contribution in [0.4, 0.5) is 5.69 Å². The first kappa shape index (κ1) is 20.3. The zero-order valence-electron chi connectivity index (χ0n) is 15.8. The number of nitro groups is 1. The van der Waals surface area contributed by atoms with E-state index < -0.39 is 10.9 Å². The highest BCUT2D eigenvalue weighted by atomic mass is 35.5. The second kappa shape index (κ2) is 8.32. The highest BCUT2D eigenvalue weighted by molar-refractivity contribution is 6.34. The number of rotatable bonds is 6. The minimum Gasteiger partial charge on any atom is -0.493 e. The van der Waals surface area contributed by atoms with Gasteiger partial charge in [-0.3, -0.25) is 10.1 Å². The number of aliphatic imine (C=N–C) groups is 1. The minimum atomic E-state index is -0.657. The quantitative estimate of drug-likeness (QED) is 0.299. The molecule has 0 radical (unpaired) electrons. The monoisotopic (exact) mass is 416 g/mol. The van der Waals surface area contributed by atoms with Crippen molar-refractivity contribution in [3.8, 4) is 11.5 Å². The van der Waals surface area contributed by atoms with Crippen LogP contribution in [0.15, 0.2) is 47.1 Å². The molecule has 0 saturated heterocycles. The highest BCUT2D eigenvalue weighted by Crippen LogP contribution is 2.31. The van der Waals surface area contributed by atoms with Crippen LogP contribution >= 0.6 is 11.6 Å². The zero-order valence-corrected chi connectivity index (χ0v) is 16.6. The Hall–Kier alpha value is -3.39. The summed E-state index contributed by atoms with van der Waals surface area (Å²) < 4.78 is 16.2. The van der Waals surface area contributed by atoms with Gasteiger partial charge in [0, 0.05) is 12.1 Å². The molecule has 29 heavy (non-hydrogen) atoms. The number of methoxy groups -OCH3 is 1. The Morgan fingerprint density at radius 2 is 1.97 bits per heavy atom. The molecule has 0 amide bonds. The molecule has 0 fully saturated rings. The average molecular weight is 417 g/mol. The van der Waals surface area contributed by atoms with Crippen molar-refractivity contribution in [3.63, 3.8) is 0 Å². The number of benzene rings is 2. The van der Waals surface area contributed by atoms with Crippen LogP contribution in [0.5, 0.6) is 11.5 Å². The van der Waals surface area contributed by atoms with E-state index in [9.17, 15) is 14.9 Å². The van der Waals surface area contributed by atoms with E-state index in [-0.39, 0.29) is 34.0 Å². The maximum absolute atomic E-state index is 12.2. The van der Waals surface area contributed by atoms with Crippen LogP contribution in [0.2, 0.25) is 5.02 Å². The van der Waals surface area contributed by atoms with Crippen LogP contribution in [0, 0.1) is 10.1 Å². The van der Waals surface area contributed by atoms with Gasteiger partial charge in [0.2, 0.25) is 5.90 Å². The summed E-state index contributed by atoms with van der Waals surface area (Å²) in [4.78, 5) is 26.6. The van der Waals surface area contributed by atoms with Crippen LogP contribution < -0.4 is 9.47 Å². The van der Waals surface area contributed by atoms with E-state index in [2.05, 4.69) is 4.99 Å². The molecule has 0 atom stereocenters. The molecule has 2 aromatic rings. The lowest BCUT2D eigenvalue weighted by Gasteiger charge is -2.13. The van der Waals surface area contributed by atoms with Gasteiger partial charge in [-0.05, 0) is 43.7 Å². The molecule has 0 aromatic heterocycles. The lowest BCUT2D eigenvalue weighted by Crippen LogP contribution is -2.07. The van der Waals surface area contributed by atoms with Crippen molar-refractivity contribution in [3.05, 3.63) is 68.4 Å². The largest absolute Gasteiger partial charge is 0.493 e. The molecule has 0 spiro atoms. The fourth-order valence-corrected chi connectivity index (χ4v) is 2.85. The van der Waals surface area contributed by atoms with E-state index >= 15 is 0 Å². The average Bonchev–Trinajstić information content (AvgIpc) is 3.02. The molecule has 0 aliphatic carbocycles. The summed E-state index contributed by atoms with van der Waals surface area (Å²) in [5.41, 5.74) is 0.834. The second-order valence-electron chi connectivity index (χ2n) is 6.33. The van der Waals surface area contributed by atoms with Crippen molar-refractivity contribution in [1.82, 2.24) is 0 Å². The fraction of sp³-hybridized carbons (Fsp3) is 0.200. The van der Waals surface area contributed by atoms with Gasteiger partial charge in [-0.25, -0.2) is 9.79 Å². The van der Waals surface area contributed by atoms with E-state index in [1.54, 1.807) is 18.2 Å². The summed E-state index contributed by atoms with van der Waals surface area (Å²) in [5, 5.41) is 10.9. The molecule has 0 bridgehead atoms. The Bertz CT molecular complexity index is 1050. The van der Waals surface area contributed by atoms with Crippen LogP contribution in [0.3, 0.4) is 0 Å². The molecule has 0 saturated carbocycles. The number of nitrogens with zero attached hydrogens (tertiary/aromatic N) is 2. The topological polar surface area (TPSA) is 100 Å². The molecular weight excluding hydrogens is 400 g/mol. The van der Waals surface area contributed by atoms with Crippen molar-refractivity contribution >= 4 is 35.2 Å². The predicted molar refractivity (Wildman–Crippen MR) is 107 cm³/mol. The normalized spacial score (nSPS) is 14.7. The molecule has 1 heterocycles. The lowest BCUT2D eigenvalue weighted by atomic mass is 10.1. The second-order valence-corrected chi connectivity index (χ2v) is 6.74. The third-order valence-electron chi connectivity index (χ3n) is 3.87. The van der Waals surface area contributed by atoms with Gasteiger partial charge in [0.1, 0.15) is 0 Å². The maximum atomic E-state index is 12.2. The first-order valence-electron chi connectivity index (χ1n) is 8.60. The SMILES string of the molecule is COc1cc(/C=C2\N=C(c3ccc([N+](=O)[O-])cc3Cl)OC2=O)ccc1OC(C)C. The van der Waals surface area contributed by atoms with Gasteiger partial charge in [0.05, 0.1) is 28.7 Å². The molecule has 1 aliphatic rings. The van der Waals surface area contributed by atoms with Crippen molar-refractivity contribution < 1.29 is 23.9 Å². The van der Waals surface area contributed by atoms with E-state index in [4.69, 9.17) is 25.8 Å². The lowest BCUT2D eigenvalue weighted by molar-refractivity contribution is -0.384. The summed E-state index contributed by atoms with van der Waals surface area (Å²) in [5.74, 6) is 0.422. The first-order valence-corrected chi connectivity index (χ1v) is 8.98. The van der Waals surface area contributed by atoms with Crippen molar-refractivity contribution in [2.24, 2.45) is 4.99 Å². The van der Waals surface area contributed by atoms with E-state index in [1.165, 1.54) is 31.4 Å². The summed E-state index contributed by atoms with van der Waals surface area (Å²) in [7, 11) is 1.52. The van der Waals surface area contributed by atoms with Crippen molar-refractivity contribution in [1.29, 1.82) is 0 Å². The van der Waals surface area contributed by atoms with Crippen molar-refractivity contribution in [2.75, 3.05) is 7.11 Å². The number of carbonyl (C=O) groups is 1. The first-order chi connectivity index (χ1) is 13.8. The van der Waals surface area contributed by atoms with Gasteiger partial charge in [0.15, 0.2) is 17.2 Å². The number of hydrogen-bond acceptors (Lipinski definition) is 7. The van der Waals surface area contributed by atoms with Crippen LogP contribution in [0.1, 0.15) is 25.0 Å². The zero-order chi connectivity index (χ0) is 21.1. The standard InChI is InChI=1S/C20H17ClN2O6/c1-11(2)28-17-7-4-12(9-18(17)27-3)8-16-20(24)29-19(22-16)14-6-5-13(23(25)26)10-15(14)21/h4-11H,1-3H3/b16-8-. The molecule has 150 valence electrons. The van der Waals surface area contributed by atoms with Gasteiger partial charge < -0.3 is 14.2 Å². The number of cyclic esters (lactones) is 1. The van der Waals surface area contributed by atoms with E-state index in [0.717, 1.165) is 0 Å². The number of nitro benzene ring substituents is 1. The highest BCUT2D eigenvalue weighted by Gasteiger charge is 2.26. The Kier molecular flexibility index (Phi) is 5.84. The number of halogens is 1. The summed E-state index contributed by atoms with van der Waals surface area (Å²) >= 11 is 6.08. The van der Waals surface area contributed by atoms with Gasteiger partial charge in [0.25, 0.3) is 5.69 Å². The number of carbonyl (C=O) groups excluding carboxylic acids is 1. The smallest absolute Gasteiger partial charge is 0.363 e. The number of ether oxygens (including phenoxy) is 3. The molecule has 8 nitrogen and oxygen atoms in total. The third-order valence-corrected chi connectivity index (χ3v) is 4.18. The van der Waals surface area contributed by atoms with Gasteiger partial charge >= 0.3 is 5.97 Å². The van der Waals surface area contributed by atoms with E-state index in [0.29, 0.717) is 17.1 Å². The summed E-state index contributed by atoms with van der Waals surface area (Å²) in [6.45, 7) is 3.81. The van der Waals surface area contributed by atoms with Crippen LogP contribution in [-0.2, 0) is 9.53 Å². The van der Waals surface area contributed by atoms with Gasteiger partial charge in [-0.2, -0.15) is 0 Å².